The Bertz CT molecular complexity index is 456. The minimum atomic E-state index is -0.783. The predicted octanol–water partition coefficient (Wildman–Crippen LogP) is 0.695. The predicted molar refractivity (Wildman–Crippen MR) is 55.8 cm³/mol. The maximum atomic E-state index is 11.1. The van der Waals surface area contributed by atoms with Gasteiger partial charge in [0.1, 0.15) is 6.29 Å². The lowest BCUT2D eigenvalue weighted by Crippen LogP contribution is -2.10. The molecule has 1 aromatic carbocycles. The van der Waals surface area contributed by atoms with Gasteiger partial charge in [-0.15, -0.1) is 0 Å². The highest BCUT2D eigenvalue weighted by atomic mass is 16.6. The van der Waals surface area contributed by atoms with Gasteiger partial charge in [-0.1, -0.05) is 0 Å². The van der Waals surface area contributed by atoms with Gasteiger partial charge in [0, 0.05) is 11.6 Å². The van der Waals surface area contributed by atoms with E-state index in [2.05, 4.69) is 0 Å². The Kier molecular flexibility index (Phi) is 4.29. The van der Waals surface area contributed by atoms with Crippen molar-refractivity contribution in [2.24, 2.45) is 0 Å². The summed E-state index contributed by atoms with van der Waals surface area (Å²) in [4.78, 5) is 31.4. The molecule has 0 bridgehead atoms. The van der Waals surface area contributed by atoms with E-state index in [1.54, 1.807) is 0 Å². The van der Waals surface area contributed by atoms with Crippen molar-refractivity contribution in [3.05, 3.63) is 33.9 Å². The number of nitro groups is 1. The zero-order valence-corrected chi connectivity index (χ0v) is 8.66. The van der Waals surface area contributed by atoms with Crippen molar-refractivity contribution in [3.63, 3.8) is 0 Å². The molecule has 1 rings (SSSR count). The second-order valence-corrected chi connectivity index (χ2v) is 3.05. The van der Waals surface area contributed by atoms with Gasteiger partial charge in [-0.3, -0.25) is 19.7 Å². The number of ether oxygens (including phenoxy) is 1. The van der Waals surface area contributed by atoms with E-state index in [0.717, 1.165) is 12.1 Å². The first-order valence-corrected chi connectivity index (χ1v) is 4.63. The Morgan fingerprint density at radius 2 is 2.24 bits per heavy atom. The summed E-state index contributed by atoms with van der Waals surface area (Å²) in [6.07, 6.45) is 0.193. The summed E-state index contributed by atoms with van der Waals surface area (Å²) in [5, 5.41) is 19.2. The Morgan fingerprint density at radius 1 is 1.53 bits per heavy atom. The van der Waals surface area contributed by atoms with Crippen LogP contribution in [0.5, 0.6) is 5.75 Å². The van der Waals surface area contributed by atoms with Crippen molar-refractivity contribution in [3.8, 4) is 5.75 Å². The minimum Gasteiger partial charge on any atom is -0.419 e. The number of aliphatic hydroxyl groups is 1. The Balaban J connectivity index is 3.02. The Hall–Kier alpha value is -2.28. The van der Waals surface area contributed by atoms with Crippen LogP contribution in [0.2, 0.25) is 0 Å². The third-order valence-electron chi connectivity index (χ3n) is 1.86. The van der Waals surface area contributed by atoms with Crippen molar-refractivity contribution in [2.45, 2.75) is 6.42 Å². The molecule has 0 spiro atoms. The SMILES string of the molecule is O=Cc1ccc(OC(=O)CCO)c([N+](=O)[O-])c1. The quantitative estimate of drug-likeness (QED) is 0.266. The van der Waals surface area contributed by atoms with Gasteiger partial charge in [0.2, 0.25) is 5.75 Å². The van der Waals surface area contributed by atoms with Crippen molar-refractivity contribution >= 4 is 17.9 Å². The zero-order chi connectivity index (χ0) is 12.8. The molecule has 90 valence electrons. The van der Waals surface area contributed by atoms with Gasteiger partial charge in [0.05, 0.1) is 18.0 Å². The lowest BCUT2D eigenvalue weighted by molar-refractivity contribution is -0.385. The molecule has 0 heterocycles. The maximum Gasteiger partial charge on any atom is 0.313 e. The summed E-state index contributed by atoms with van der Waals surface area (Å²) in [5.74, 6) is -1.03. The number of esters is 1. The first-order valence-electron chi connectivity index (χ1n) is 4.63. The van der Waals surface area contributed by atoms with Crippen LogP contribution in [0.25, 0.3) is 0 Å². The normalized spacial score (nSPS) is 9.71. The number of aliphatic hydroxyl groups excluding tert-OH is 1. The van der Waals surface area contributed by atoms with Gasteiger partial charge in [0.15, 0.2) is 0 Å². The number of hydrogen-bond acceptors (Lipinski definition) is 6. The lowest BCUT2D eigenvalue weighted by atomic mass is 10.2. The molecular formula is C10H9NO6. The average molecular weight is 239 g/mol. The Morgan fingerprint density at radius 3 is 2.76 bits per heavy atom. The van der Waals surface area contributed by atoms with Crippen molar-refractivity contribution in [2.75, 3.05) is 6.61 Å². The topological polar surface area (TPSA) is 107 Å². The van der Waals surface area contributed by atoms with Crippen LogP contribution in [0.3, 0.4) is 0 Å². The van der Waals surface area contributed by atoms with E-state index in [1.807, 2.05) is 0 Å². The second-order valence-electron chi connectivity index (χ2n) is 3.05. The van der Waals surface area contributed by atoms with Crippen LogP contribution in [0.4, 0.5) is 5.69 Å². The van der Waals surface area contributed by atoms with Crippen molar-refractivity contribution < 1.29 is 24.4 Å². The van der Waals surface area contributed by atoms with Crippen LogP contribution in [0, 0.1) is 10.1 Å². The van der Waals surface area contributed by atoms with Gasteiger partial charge < -0.3 is 9.84 Å². The van der Waals surface area contributed by atoms with E-state index in [0.29, 0.717) is 6.29 Å². The van der Waals surface area contributed by atoms with E-state index in [1.165, 1.54) is 6.07 Å². The molecule has 7 nitrogen and oxygen atoms in total. The number of carbonyl (C=O) groups is 2. The van der Waals surface area contributed by atoms with E-state index in [9.17, 15) is 19.7 Å². The van der Waals surface area contributed by atoms with Crippen LogP contribution in [0.1, 0.15) is 16.8 Å². The molecule has 0 saturated heterocycles. The minimum absolute atomic E-state index is 0.110. The fraction of sp³-hybridized carbons (Fsp3) is 0.200. The van der Waals surface area contributed by atoms with Crippen LogP contribution < -0.4 is 4.74 Å². The van der Waals surface area contributed by atoms with Crippen molar-refractivity contribution in [1.29, 1.82) is 0 Å². The number of carbonyl (C=O) groups excluding carboxylic acids is 2. The number of nitrogens with zero attached hydrogens (tertiary/aromatic N) is 1. The molecule has 0 amide bonds. The molecule has 0 unspecified atom stereocenters. The smallest absolute Gasteiger partial charge is 0.313 e. The molecule has 0 aliphatic carbocycles. The zero-order valence-electron chi connectivity index (χ0n) is 8.66. The van der Waals surface area contributed by atoms with E-state index in [4.69, 9.17) is 9.84 Å². The fourth-order valence-corrected chi connectivity index (χ4v) is 1.10. The third kappa shape index (κ3) is 3.35. The second kappa shape index (κ2) is 5.71. The number of nitro benzene ring substituents is 1. The van der Waals surface area contributed by atoms with Gasteiger partial charge in [-0.2, -0.15) is 0 Å². The molecule has 0 radical (unpaired) electrons. The largest absolute Gasteiger partial charge is 0.419 e. The van der Waals surface area contributed by atoms with E-state index < -0.39 is 23.2 Å². The number of hydrogen-bond donors (Lipinski definition) is 1. The molecule has 0 aliphatic rings. The van der Waals surface area contributed by atoms with Gasteiger partial charge in [-0.05, 0) is 12.1 Å². The summed E-state index contributed by atoms with van der Waals surface area (Å²) in [7, 11) is 0. The molecule has 1 aromatic rings. The van der Waals surface area contributed by atoms with Crippen molar-refractivity contribution in [1.82, 2.24) is 0 Å². The standard InChI is InChI=1S/C10H9NO6/c12-4-3-10(14)17-9-2-1-7(6-13)5-8(9)11(15)16/h1-2,5-6,12H,3-4H2. The summed E-state index contributed by atoms with van der Waals surface area (Å²) >= 11 is 0. The van der Waals surface area contributed by atoms with E-state index in [-0.39, 0.29) is 17.7 Å². The third-order valence-corrected chi connectivity index (χ3v) is 1.86. The van der Waals surface area contributed by atoms with Gasteiger partial charge in [0.25, 0.3) is 0 Å². The molecule has 0 saturated carbocycles. The lowest BCUT2D eigenvalue weighted by Gasteiger charge is -2.04. The van der Waals surface area contributed by atoms with Crippen LogP contribution in [0.15, 0.2) is 18.2 Å². The first-order chi connectivity index (χ1) is 8.08. The molecule has 0 aliphatic heterocycles. The number of rotatable bonds is 5. The van der Waals surface area contributed by atoms with Crippen LogP contribution >= 0.6 is 0 Å². The molecule has 0 aromatic heterocycles. The number of aldehydes is 1. The highest BCUT2D eigenvalue weighted by Crippen LogP contribution is 2.27. The Labute approximate surface area is 95.8 Å². The monoisotopic (exact) mass is 239 g/mol. The first kappa shape index (κ1) is 12.8. The molecule has 1 N–H and O–H groups in total. The summed E-state index contributed by atoms with van der Waals surface area (Å²) < 4.78 is 4.69. The fourth-order valence-electron chi connectivity index (χ4n) is 1.10. The van der Waals surface area contributed by atoms with E-state index >= 15 is 0 Å². The van der Waals surface area contributed by atoms with Gasteiger partial charge in [-0.25, -0.2) is 0 Å². The highest BCUT2D eigenvalue weighted by Gasteiger charge is 2.18. The number of benzene rings is 1. The molecule has 0 fully saturated rings. The summed E-state index contributed by atoms with van der Waals surface area (Å²) in [6, 6.07) is 3.47. The molecule has 17 heavy (non-hydrogen) atoms. The summed E-state index contributed by atoms with van der Waals surface area (Å²) in [5.41, 5.74) is -0.362. The molecule has 0 atom stereocenters. The highest BCUT2D eigenvalue weighted by molar-refractivity contribution is 5.79. The summed E-state index contributed by atoms with van der Waals surface area (Å²) in [6.45, 7) is -0.404. The maximum absolute atomic E-state index is 11.1. The van der Waals surface area contributed by atoms with Crippen LogP contribution in [-0.2, 0) is 4.79 Å². The molecular weight excluding hydrogens is 230 g/mol. The van der Waals surface area contributed by atoms with Gasteiger partial charge >= 0.3 is 11.7 Å². The average Bonchev–Trinajstić information content (AvgIpc) is 2.29. The molecule has 7 heteroatoms. The van der Waals surface area contributed by atoms with Crippen LogP contribution in [-0.4, -0.2) is 28.9 Å².